The third-order valence-corrected chi connectivity index (χ3v) is 5.01. The Morgan fingerprint density at radius 2 is 1.87 bits per heavy atom. The van der Waals surface area contributed by atoms with Crippen molar-refractivity contribution < 1.29 is 4.79 Å². The average Bonchev–Trinajstić information content (AvgIpc) is 2.50. The average molecular weight is 337 g/mol. The lowest BCUT2D eigenvalue weighted by molar-refractivity contribution is 0.108. The molecule has 1 aromatic rings. The maximum atomic E-state index is 11.7. The number of piperazine rings is 1. The van der Waals surface area contributed by atoms with Crippen molar-refractivity contribution in [3.05, 3.63) is 23.8 Å². The first-order valence-electron chi connectivity index (χ1n) is 8.22. The van der Waals surface area contributed by atoms with E-state index in [-0.39, 0.29) is 0 Å². The summed E-state index contributed by atoms with van der Waals surface area (Å²) in [5.41, 5.74) is 2.58. The van der Waals surface area contributed by atoms with E-state index >= 15 is 0 Å². The molecule has 2 fully saturated rings. The third-order valence-electron chi connectivity index (χ3n) is 4.80. The second-order valence-electron chi connectivity index (χ2n) is 6.76. The number of hydrogen-bond donors (Lipinski definition) is 1. The first kappa shape index (κ1) is 16.6. The van der Waals surface area contributed by atoms with Gasteiger partial charge in [0, 0.05) is 63.1 Å². The van der Waals surface area contributed by atoms with Crippen LogP contribution in [0.4, 0.5) is 11.4 Å². The van der Waals surface area contributed by atoms with E-state index in [1.165, 1.54) is 0 Å². The molecular formula is C17H25ClN4O. The molecule has 0 saturated carbocycles. The van der Waals surface area contributed by atoms with Gasteiger partial charge in [-0.15, -0.1) is 0 Å². The van der Waals surface area contributed by atoms with Crippen LogP contribution in [-0.4, -0.2) is 75.0 Å². The molecule has 2 heterocycles. The fraction of sp³-hybridized carbons (Fsp3) is 0.588. The molecule has 2 saturated heterocycles. The molecule has 1 N–H and O–H groups in total. The molecular weight excluding hydrogens is 312 g/mol. The summed E-state index contributed by atoms with van der Waals surface area (Å²) in [7, 11) is 4.27. The van der Waals surface area contributed by atoms with Crippen molar-refractivity contribution in [3.8, 4) is 0 Å². The summed E-state index contributed by atoms with van der Waals surface area (Å²) in [6.45, 7) is 7.24. The van der Waals surface area contributed by atoms with E-state index in [2.05, 4.69) is 40.2 Å². The van der Waals surface area contributed by atoms with Gasteiger partial charge in [0.25, 0.3) is 5.24 Å². The summed E-state index contributed by atoms with van der Waals surface area (Å²) in [5.74, 6) is 0.644. The zero-order valence-electron chi connectivity index (χ0n) is 13.9. The van der Waals surface area contributed by atoms with Crippen LogP contribution in [0.2, 0.25) is 0 Å². The Morgan fingerprint density at radius 3 is 2.48 bits per heavy atom. The Hall–Kier alpha value is -1.30. The van der Waals surface area contributed by atoms with Crippen LogP contribution in [-0.2, 0) is 0 Å². The number of nitrogens with one attached hydrogen (secondary N) is 1. The molecule has 2 aliphatic heterocycles. The van der Waals surface area contributed by atoms with E-state index < -0.39 is 5.24 Å². The van der Waals surface area contributed by atoms with Gasteiger partial charge in [0.05, 0.1) is 5.56 Å². The zero-order chi connectivity index (χ0) is 16.4. The number of rotatable bonds is 5. The van der Waals surface area contributed by atoms with Crippen molar-refractivity contribution >= 4 is 28.2 Å². The number of anilines is 2. The van der Waals surface area contributed by atoms with Crippen LogP contribution in [0, 0.1) is 5.92 Å². The minimum absolute atomic E-state index is 0.400. The molecule has 0 aromatic heterocycles. The van der Waals surface area contributed by atoms with Gasteiger partial charge in [0.15, 0.2) is 0 Å². The lowest BCUT2D eigenvalue weighted by Gasteiger charge is -2.37. The monoisotopic (exact) mass is 336 g/mol. The van der Waals surface area contributed by atoms with Gasteiger partial charge >= 0.3 is 0 Å². The minimum atomic E-state index is -0.400. The van der Waals surface area contributed by atoms with Crippen LogP contribution in [0.5, 0.6) is 0 Å². The Labute approximate surface area is 143 Å². The number of likely N-dealkylation sites (N-methyl/N-ethyl adjacent to an activating group) is 1. The van der Waals surface area contributed by atoms with Crippen molar-refractivity contribution in [1.29, 1.82) is 0 Å². The maximum absolute atomic E-state index is 11.7. The quantitative estimate of drug-likeness (QED) is 0.830. The van der Waals surface area contributed by atoms with Gasteiger partial charge in [-0.2, -0.15) is 0 Å². The molecule has 0 spiro atoms. The number of carbonyl (C=O) groups is 1. The summed E-state index contributed by atoms with van der Waals surface area (Å²) in [6.07, 6.45) is 0. The van der Waals surface area contributed by atoms with E-state index in [4.69, 9.17) is 11.6 Å². The predicted molar refractivity (Wildman–Crippen MR) is 95.8 cm³/mol. The van der Waals surface area contributed by atoms with Crippen LogP contribution in [0.1, 0.15) is 10.4 Å². The molecule has 0 aliphatic carbocycles. The molecule has 0 unspecified atom stereocenters. The smallest absolute Gasteiger partial charge is 0.254 e. The highest BCUT2D eigenvalue weighted by Gasteiger charge is 2.23. The first-order chi connectivity index (χ1) is 11.0. The van der Waals surface area contributed by atoms with Gasteiger partial charge in [0.2, 0.25) is 0 Å². The lowest BCUT2D eigenvalue weighted by atomic mass is 10.0. The molecule has 23 heavy (non-hydrogen) atoms. The minimum Gasteiger partial charge on any atom is -0.384 e. The molecule has 2 aliphatic rings. The Morgan fingerprint density at radius 1 is 1.17 bits per heavy atom. The molecule has 5 nitrogen and oxygen atoms in total. The van der Waals surface area contributed by atoms with E-state index in [1.807, 2.05) is 12.1 Å². The molecule has 1 aromatic carbocycles. The van der Waals surface area contributed by atoms with Gasteiger partial charge in [-0.3, -0.25) is 4.79 Å². The number of likely N-dealkylation sites (tertiary alicyclic amines) is 1. The van der Waals surface area contributed by atoms with Crippen molar-refractivity contribution in [2.45, 2.75) is 0 Å². The van der Waals surface area contributed by atoms with Gasteiger partial charge in [-0.25, -0.2) is 0 Å². The molecule has 0 atom stereocenters. The van der Waals surface area contributed by atoms with Crippen LogP contribution >= 0.6 is 11.6 Å². The van der Waals surface area contributed by atoms with Gasteiger partial charge in [-0.1, -0.05) is 0 Å². The molecule has 0 radical (unpaired) electrons. The highest BCUT2D eigenvalue weighted by molar-refractivity contribution is 6.68. The fourth-order valence-electron chi connectivity index (χ4n) is 3.32. The van der Waals surface area contributed by atoms with Crippen LogP contribution in [0.15, 0.2) is 18.2 Å². The number of carbonyl (C=O) groups excluding carboxylic acids is 1. The Kier molecular flexibility index (Phi) is 5.09. The molecule has 3 rings (SSSR count). The van der Waals surface area contributed by atoms with Gasteiger partial charge in [0.1, 0.15) is 0 Å². The van der Waals surface area contributed by atoms with Crippen LogP contribution in [0.3, 0.4) is 0 Å². The standard InChI is InChI=1S/C17H25ClN4O/c1-20-5-7-22(8-6-20)14-3-4-15(17(18)23)16(9-14)19-10-13-11-21(2)12-13/h3-4,9,13,19H,5-8,10-12H2,1-2H3. The van der Waals surface area contributed by atoms with Crippen molar-refractivity contribution in [1.82, 2.24) is 9.80 Å². The van der Waals surface area contributed by atoms with E-state index in [0.29, 0.717) is 11.5 Å². The van der Waals surface area contributed by atoms with E-state index in [1.54, 1.807) is 0 Å². The number of halogens is 1. The van der Waals surface area contributed by atoms with E-state index in [9.17, 15) is 4.79 Å². The summed E-state index contributed by atoms with van der Waals surface area (Å²) in [4.78, 5) is 18.7. The van der Waals surface area contributed by atoms with Gasteiger partial charge in [-0.05, 0) is 43.9 Å². The Bertz CT molecular complexity index is 566. The fourth-order valence-corrected chi connectivity index (χ4v) is 3.49. The highest BCUT2D eigenvalue weighted by atomic mass is 35.5. The summed E-state index contributed by atoms with van der Waals surface area (Å²) in [6, 6.07) is 5.92. The number of hydrogen-bond acceptors (Lipinski definition) is 5. The predicted octanol–water partition coefficient (Wildman–Crippen LogP) is 1.79. The summed E-state index contributed by atoms with van der Waals surface area (Å²) < 4.78 is 0. The second-order valence-corrected chi connectivity index (χ2v) is 7.11. The van der Waals surface area contributed by atoms with E-state index in [0.717, 1.165) is 57.2 Å². The lowest BCUT2D eigenvalue weighted by Crippen LogP contribution is -2.46. The Balaban J connectivity index is 1.71. The van der Waals surface area contributed by atoms with Crippen molar-refractivity contribution in [2.75, 3.05) is 70.1 Å². The molecule has 0 amide bonds. The van der Waals surface area contributed by atoms with Crippen LogP contribution < -0.4 is 10.2 Å². The summed E-state index contributed by atoms with van der Waals surface area (Å²) >= 11 is 5.74. The summed E-state index contributed by atoms with van der Waals surface area (Å²) in [5, 5.41) is 3.04. The molecule has 6 heteroatoms. The molecule has 126 valence electrons. The normalized spacial score (nSPS) is 20.4. The highest BCUT2D eigenvalue weighted by Crippen LogP contribution is 2.27. The second kappa shape index (κ2) is 7.07. The largest absolute Gasteiger partial charge is 0.384 e. The maximum Gasteiger partial charge on any atom is 0.254 e. The number of nitrogens with zero attached hydrogens (tertiary/aromatic N) is 3. The van der Waals surface area contributed by atoms with Crippen molar-refractivity contribution in [3.63, 3.8) is 0 Å². The topological polar surface area (TPSA) is 38.8 Å². The zero-order valence-corrected chi connectivity index (χ0v) is 14.6. The first-order valence-corrected chi connectivity index (χ1v) is 8.60. The van der Waals surface area contributed by atoms with Gasteiger partial charge < -0.3 is 20.0 Å². The molecule has 0 bridgehead atoms. The SMILES string of the molecule is CN1CCN(c2ccc(C(=O)Cl)c(NCC3CN(C)C3)c2)CC1. The van der Waals surface area contributed by atoms with Crippen molar-refractivity contribution in [2.24, 2.45) is 5.92 Å². The van der Waals surface area contributed by atoms with Crippen LogP contribution in [0.25, 0.3) is 0 Å². The number of benzene rings is 1. The third kappa shape index (κ3) is 3.97.